The second kappa shape index (κ2) is 9.95. The molecule has 0 spiro atoms. The Kier molecular flexibility index (Phi) is 6.42. The van der Waals surface area contributed by atoms with Crippen LogP contribution >= 0.6 is 11.6 Å². The number of aromatic nitrogens is 4. The van der Waals surface area contributed by atoms with E-state index in [0.717, 1.165) is 34.1 Å². The van der Waals surface area contributed by atoms with Gasteiger partial charge in [0.2, 0.25) is 0 Å². The number of nitrogens with one attached hydrogen (secondary N) is 1. The summed E-state index contributed by atoms with van der Waals surface area (Å²) in [6.45, 7) is 0.561. The van der Waals surface area contributed by atoms with Crippen LogP contribution in [0, 0.1) is 0 Å². The Morgan fingerprint density at radius 1 is 0.853 bits per heavy atom. The minimum absolute atomic E-state index is 0.0778. The summed E-state index contributed by atoms with van der Waals surface area (Å²) in [6.07, 6.45) is 5.99. The van der Waals surface area contributed by atoms with Crippen molar-refractivity contribution in [2.24, 2.45) is 5.73 Å². The summed E-state index contributed by atoms with van der Waals surface area (Å²) in [5.74, 6) is 1.30. The third kappa shape index (κ3) is 4.88. The van der Waals surface area contributed by atoms with Crippen LogP contribution in [0.5, 0.6) is 0 Å². The van der Waals surface area contributed by atoms with E-state index < -0.39 is 0 Å². The van der Waals surface area contributed by atoms with Crippen molar-refractivity contribution in [1.29, 1.82) is 0 Å². The number of rotatable bonds is 7. The van der Waals surface area contributed by atoms with Crippen LogP contribution in [0.2, 0.25) is 5.02 Å². The van der Waals surface area contributed by atoms with Gasteiger partial charge in [0, 0.05) is 52.7 Å². The fourth-order valence-corrected chi connectivity index (χ4v) is 4.07. The van der Waals surface area contributed by atoms with Crippen LogP contribution in [0.4, 0.5) is 5.82 Å². The molecule has 0 amide bonds. The molecule has 3 aromatic heterocycles. The van der Waals surface area contributed by atoms with Crippen LogP contribution in [-0.4, -0.2) is 32.5 Å². The molecule has 34 heavy (non-hydrogen) atoms. The third-order valence-electron chi connectivity index (χ3n) is 5.52. The van der Waals surface area contributed by atoms with Gasteiger partial charge in [-0.3, -0.25) is 9.97 Å². The van der Waals surface area contributed by atoms with Crippen molar-refractivity contribution in [3.05, 3.63) is 102 Å². The summed E-state index contributed by atoms with van der Waals surface area (Å²) >= 11 is 6.26. The largest absolute Gasteiger partial charge is 0.368 e. The average molecular weight is 467 g/mol. The van der Waals surface area contributed by atoms with E-state index in [0.29, 0.717) is 23.2 Å². The molecule has 0 bridgehead atoms. The van der Waals surface area contributed by atoms with Crippen LogP contribution < -0.4 is 11.1 Å². The van der Waals surface area contributed by atoms with Crippen LogP contribution in [0.15, 0.2) is 91.4 Å². The van der Waals surface area contributed by atoms with E-state index in [-0.39, 0.29) is 6.04 Å². The van der Waals surface area contributed by atoms with Crippen molar-refractivity contribution in [2.75, 3.05) is 11.9 Å². The molecule has 3 heterocycles. The van der Waals surface area contributed by atoms with Crippen molar-refractivity contribution in [1.82, 2.24) is 19.9 Å². The van der Waals surface area contributed by atoms with Crippen LogP contribution in [-0.2, 0) is 6.42 Å². The number of nitrogens with two attached hydrogens (primary N) is 1. The Labute approximate surface area is 202 Å². The highest BCUT2D eigenvalue weighted by Crippen LogP contribution is 2.31. The zero-order valence-electron chi connectivity index (χ0n) is 18.4. The molecule has 0 unspecified atom stereocenters. The van der Waals surface area contributed by atoms with Crippen molar-refractivity contribution in [2.45, 2.75) is 12.5 Å². The summed E-state index contributed by atoms with van der Waals surface area (Å²) < 4.78 is 0. The minimum atomic E-state index is -0.0778. The molecule has 5 rings (SSSR count). The lowest BCUT2D eigenvalue weighted by Crippen LogP contribution is -2.31. The Morgan fingerprint density at radius 2 is 1.68 bits per heavy atom. The molecule has 0 saturated carbocycles. The Bertz CT molecular complexity index is 1410. The van der Waals surface area contributed by atoms with E-state index in [9.17, 15) is 0 Å². The van der Waals surface area contributed by atoms with E-state index >= 15 is 0 Å². The summed E-state index contributed by atoms with van der Waals surface area (Å²) in [6, 6.07) is 23.5. The maximum Gasteiger partial charge on any atom is 0.162 e. The number of hydrogen-bond donors (Lipinski definition) is 2. The van der Waals surface area contributed by atoms with Crippen molar-refractivity contribution in [3.8, 4) is 22.6 Å². The maximum absolute atomic E-state index is 6.44. The average Bonchev–Trinajstić information content (AvgIpc) is 2.88. The molecule has 0 saturated heterocycles. The van der Waals surface area contributed by atoms with E-state index in [1.54, 1.807) is 18.6 Å². The number of halogens is 1. The number of benzene rings is 2. The second-order valence-electron chi connectivity index (χ2n) is 8.03. The highest BCUT2D eigenvalue weighted by Gasteiger charge is 2.15. The number of fused-ring (bicyclic) bond motifs is 1. The van der Waals surface area contributed by atoms with Crippen LogP contribution in [0.1, 0.15) is 5.56 Å². The molecule has 0 aliphatic carbocycles. The molecule has 0 aliphatic heterocycles. The third-order valence-corrected chi connectivity index (χ3v) is 5.76. The van der Waals surface area contributed by atoms with Crippen molar-refractivity contribution < 1.29 is 0 Å². The first kappa shape index (κ1) is 21.9. The predicted molar refractivity (Wildman–Crippen MR) is 138 cm³/mol. The molecule has 7 heteroatoms. The summed E-state index contributed by atoms with van der Waals surface area (Å²) in [5, 5.41) is 4.98. The number of hydrogen-bond acceptors (Lipinski definition) is 6. The normalized spacial score (nSPS) is 11.9. The summed E-state index contributed by atoms with van der Waals surface area (Å²) in [4.78, 5) is 18.5. The molecule has 6 nitrogen and oxygen atoms in total. The van der Waals surface area contributed by atoms with Gasteiger partial charge in [0.25, 0.3) is 0 Å². The first-order chi connectivity index (χ1) is 16.7. The molecular weight excluding hydrogens is 444 g/mol. The van der Waals surface area contributed by atoms with Gasteiger partial charge in [-0.2, -0.15) is 0 Å². The smallest absolute Gasteiger partial charge is 0.162 e. The lowest BCUT2D eigenvalue weighted by molar-refractivity contribution is 0.698. The zero-order chi connectivity index (χ0) is 23.3. The topological polar surface area (TPSA) is 89.6 Å². The minimum Gasteiger partial charge on any atom is -0.368 e. The standard InChI is InChI=1S/C27H23ClN6/c28-21-8-4-7-20(16-21)24-25-23(11-14-31-24)27(34-26(33-25)19-9-12-30-13-10-19)32-17-22(29)15-18-5-2-1-3-6-18/h1-14,16,22H,15,17,29H2,(H,32,33,34)/t22-/m1/s1. The highest BCUT2D eigenvalue weighted by molar-refractivity contribution is 6.30. The molecular formula is C27H23ClN6. The van der Waals surface area contributed by atoms with E-state index in [2.05, 4.69) is 27.4 Å². The van der Waals surface area contributed by atoms with Gasteiger partial charge >= 0.3 is 0 Å². The Balaban J connectivity index is 1.55. The van der Waals surface area contributed by atoms with Crippen molar-refractivity contribution >= 4 is 28.3 Å². The van der Waals surface area contributed by atoms with Gasteiger partial charge in [-0.1, -0.05) is 54.1 Å². The van der Waals surface area contributed by atoms with Gasteiger partial charge in [0.05, 0.1) is 5.69 Å². The first-order valence-corrected chi connectivity index (χ1v) is 11.4. The molecule has 0 fully saturated rings. The molecule has 5 aromatic rings. The first-order valence-electron chi connectivity index (χ1n) is 11.0. The maximum atomic E-state index is 6.44. The molecule has 2 aromatic carbocycles. The zero-order valence-corrected chi connectivity index (χ0v) is 19.2. The Morgan fingerprint density at radius 3 is 2.47 bits per heavy atom. The van der Waals surface area contributed by atoms with E-state index in [1.807, 2.05) is 60.7 Å². The summed E-state index contributed by atoms with van der Waals surface area (Å²) in [5.41, 5.74) is 10.9. The fourth-order valence-electron chi connectivity index (χ4n) is 3.88. The van der Waals surface area contributed by atoms with Crippen molar-refractivity contribution in [3.63, 3.8) is 0 Å². The van der Waals surface area contributed by atoms with E-state index in [4.69, 9.17) is 27.3 Å². The molecule has 0 radical (unpaired) electrons. The fraction of sp³-hybridized carbons (Fsp3) is 0.111. The quantitative estimate of drug-likeness (QED) is 0.334. The number of anilines is 1. The molecule has 0 aliphatic rings. The highest BCUT2D eigenvalue weighted by atomic mass is 35.5. The van der Waals surface area contributed by atoms with Crippen LogP contribution in [0.25, 0.3) is 33.5 Å². The SMILES string of the molecule is N[C@@H](CNc1nc(-c2ccncc2)nc2c(-c3cccc(Cl)c3)nccc12)Cc1ccccc1. The van der Waals surface area contributed by atoms with Gasteiger partial charge in [-0.05, 0) is 42.3 Å². The van der Waals surface area contributed by atoms with Gasteiger partial charge in [0.1, 0.15) is 11.3 Å². The predicted octanol–water partition coefficient (Wildman–Crippen LogP) is 5.39. The monoisotopic (exact) mass is 466 g/mol. The van der Waals surface area contributed by atoms with E-state index in [1.165, 1.54) is 5.56 Å². The molecule has 168 valence electrons. The lowest BCUT2D eigenvalue weighted by atomic mass is 10.1. The van der Waals surface area contributed by atoms with Crippen LogP contribution in [0.3, 0.4) is 0 Å². The summed E-state index contributed by atoms with van der Waals surface area (Å²) in [7, 11) is 0. The van der Waals surface area contributed by atoms with Gasteiger partial charge in [-0.25, -0.2) is 9.97 Å². The molecule has 1 atom stereocenters. The molecule has 3 N–H and O–H groups in total. The van der Waals surface area contributed by atoms with Gasteiger partial charge < -0.3 is 11.1 Å². The lowest BCUT2D eigenvalue weighted by Gasteiger charge is -2.16. The van der Waals surface area contributed by atoms with Gasteiger partial charge in [-0.15, -0.1) is 0 Å². The van der Waals surface area contributed by atoms with Gasteiger partial charge in [0.15, 0.2) is 5.82 Å². The number of pyridine rings is 2. The second-order valence-corrected chi connectivity index (χ2v) is 8.46. The Hall–Kier alpha value is -3.87. The number of nitrogens with zero attached hydrogens (tertiary/aromatic N) is 4.